The molecular formula is C21H29Cl3N4O. The number of nitrogens with one attached hydrogen (secondary N) is 1. The zero-order chi connectivity index (χ0) is 19.2. The Hall–Kier alpha value is -1.53. The van der Waals surface area contributed by atoms with E-state index in [0.717, 1.165) is 66.6 Å². The van der Waals surface area contributed by atoms with Crippen molar-refractivity contribution in [3.63, 3.8) is 0 Å². The maximum Gasteiger partial charge on any atom is 0.213 e. The Kier molecular flexibility index (Phi) is 10.8. The number of ether oxygens (including phenoxy) is 1. The van der Waals surface area contributed by atoms with E-state index in [1.54, 1.807) is 7.11 Å². The molecule has 0 spiro atoms. The molecule has 0 amide bonds. The lowest BCUT2D eigenvalue weighted by atomic mass is 10.1. The van der Waals surface area contributed by atoms with Crippen LogP contribution >= 0.6 is 36.4 Å². The van der Waals surface area contributed by atoms with Crippen LogP contribution in [-0.2, 0) is 0 Å². The maximum atomic E-state index is 6.17. The van der Waals surface area contributed by atoms with E-state index in [1.807, 2.05) is 30.3 Å². The van der Waals surface area contributed by atoms with E-state index in [2.05, 4.69) is 29.0 Å². The van der Waals surface area contributed by atoms with Crippen LogP contribution in [0.15, 0.2) is 30.3 Å². The molecule has 0 aliphatic heterocycles. The molecular weight excluding hydrogens is 431 g/mol. The van der Waals surface area contributed by atoms with Gasteiger partial charge in [-0.1, -0.05) is 25.4 Å². The van der Waals surface area contributed by atoms with Gasteiger partial charge in [-0.3, -0.25) is 0 Å². The molecule has 1 N–H and O–H groups in total. The molecule has 5 nitrogen and oxygen atoms in total. The molecule has 0 atom stereocenters. The number of hydrogen-bond acceptors (Lipinski definition) is 5. The highest BCUT2D eigenvalue weighted by Gasteiger charge is 2.12. The molecule has 0 saturated carbocycles. The number of nitrogens with zero attached hydrogens (tertiary/aromatic N) is 3. The SMILES string of the molecule is CCN(CC)CCCCNc1c2ccc(Cl)cc2nc2ccc(OC)nc12.Cl.Cl. The lowest BCUT2D eigenvalue weighted by Gasteiger charge is -2.18. The molecule has 1 aromatic carbocycles. The van der Waals surface area contributed by atoms with Crippen molar-refractivity contribution in [1.82, 2.24) is 14.9 Å². The summed E-state index contributed by atoms with van der Waals surface area (Å²) in [5.74, 6) is 0.585. The number of fused-ring (bicyclic) bond motifs is 2. The number of rotatable bonds is 9. The second-order valence-electron chi connectivity index (χ2n) is 6.53. The van der Waals surface area contributed by atoms with Crippen molar-refractivity contribution in [2.45, 2.75) is 26.7 Å². The Morgan fingerprint density at radius 2 is 1.76 bits per heavy atom. The van der Waals surface area contributed by atoms with Crippen LogP contribution in [-0.4, -0.2) is 48.2 Å². The molecule has 2 heterocycles. The third-order valence-electron chi connectivity index (χ3n) is 4.86. The van der Waals surface area contributed by atoms with Gasteiger partial charge in [0.2, 0.25) is 5.88 Å². The standard InChI is InChI=1S/C21H27ClN4O.2ClH/c1-4-26(5-2)13-7-6-12-23-20-16-9-8-15(22)14-18(16)24-17-10-11-19(27-3)25-21(17)20;;/h8-11,14H,4-7,12-13H2,1-3H3,(H,23,24);2*1H. The van der Waals surface area contributed by atoms with Crippen molar-refractivity contribution in [3.05, 3.63) is 35.4 Å². The number of benzene rings is 1. The summed E-state index contributed by atoms with van der Waals surface area (Å²) >= 11 is 6.17. The number of methoxy groups -OCH3 is 1. The van der Waals surface area contributed by atoms with Crippen LogP contribution in [0.4, 0.5) is 5.69 Å². The Balaban J connectivity index is 0.00000210. The monoisotopic (exact) mass is 458 g/mol. The van der Waals surface area contributed by atoms with Crippen LogP contribution in [0.25, 0.3) is 21.9 Å². The quantitative estimate of drug-likeness (QED) is 0.322. The van der Waals surface area contributed by atoms with Crippen molar-refractivity contribution < 1.29 is 4.74 Å². The molecule has 0 bridgehead atoms. The summed E-state index contributed by atoms with van der Waals surface area (Å²) in [5, 5.41) is 5.30. The largest absolute Gasteiger partial charge is 0.481 e. The van der Waals surface area contributed by atoms with E-state index in [1.165, 1.54) is 0 Å². The molecule has 0 unspecified atom stereocenters. The molecule has 8 heteroatoms. The van der Waals surface area contributed by atoms with Crippen molar-refractivity contribution in [1.29, 1.82) is 0 Å². The summed E-state index contributed by atoms with van der Waals surface area (Å²) in [6.45, 7) is 8.65. The Labute approximate surface area is 190 Å². The van der Waals surface area contributed by atoms with E-state index >= 15 is 0 Å². The average molecular weight is 460 g/mol. The van der Waals surface area contributed by atoms with Crippen LogP contribution < -0.4 is 10.1 Å². The fourth-order valence-corrected chi connectivity index (χ4v) is 3.45. The minimum atomic E-state index is 0. The smallest absolute Gasteiger partial charge is 0.213 e. The lowest BCUT2D eigenvalue weighted by molar-refractivity contribution is 0.298. The highest BCUT2D eigenvalue weighted by molar-refractivity contribution is 6.31. The van der Waals surface area contributed by atoms with E-state index in [0.29, 0.717) is 10.9 Å². The Morgan fingerprint density at radius 1 is 1.00 bits per heavy atom. The number of pyridine rings is 2. The van der Waals surface area contributed by atoms with Gasteiger partial charge in [-0.05, 0) is 56.7 Å². The normalized spacial score (nSPS) is 10.7. The summed E-state index contributed by atoms with van der Waals surface area (Å²) in [5.41, 5.74) is 3.52. The van der Waals surface area contributed by atoms with Gasteiger partial charge < -0.3 is 15.0 Å². The van der Waals surface area contributed by atoms with Crippen LogP contribution in [0.5, 0.6) is 5.88 Å². The molecule has 3 aromatic rings. The average Bonchev–Trinajstić information content (AvgIpc) is 2.69. The van der Waals surface area contributed by atoms with Gasteiger partial charge in [-0.2, -0.15) is 0 Å². The van der Waals surface area contributed by atoms with Gasteiger partial charge in [0.25, 0.3) is 0 Å². The van der Waals surface area contributed by atoms with E-state index in [4.69, 9.17) is 21.3 Å². The number of hydrogen-bond donors (Lipinski definition) is 1. The van der Waals surface area contributed by atoms with E-state index in [9.17, 15) is 0 Å². The predicted molar refractivity (Wildman–Crippen MR) is 129 cm³/mol. The van der Waals surface area contributed by atoms with E-state index < -0.39 is 0 Å². The molecule has 0 radical (unpaired) electrons. The summed E-state index contributed by atoms with van der Waals surface area (Å²) in [6.07, 6.45) is 2.26. The van der Waals surface area contributed by atoms with Crippen molar-refractivity contribution in [2.24, 2.45) is 0 Å². The summed E-state index contributed by atoms with van der Waals surface area (Å²) in [6, 6.07) is 9.56. The first-order chi connectivity index (χ1) is 13.2. The number of anilines is 1. The number of aromatic nitrogens is 2. The van der Waals surface area contributed by atoms with Crippen molar-refractivity contribution >= 4 is 64.0 Å². The van der Waals surface area contributed by atoms with Gasteiger partial charge >= 0.3 is 0 Å². The fraction of sp³-hybridized carbons (Fsp3) is 0.429. The lowest BCUT2D eigenvalue weighted by Crippen LogP contribution is -2.24. The van der Waals surface area contributed by atoms with Gasteiger partial charge in [0.1, 0.15) is 5.52 Å². The maximum absolute atomic E-state index is 6.17. The minimum absolute atomic E-state index is 0. The second kappa shape index (κ2) is 12.2. The second-order valence-corrected chi connectivity index (χ2v) is 6.97. The third kappa shape index (κ3) is 6.22. The van der Waals surface area contributed by atoms with Crippen LogP contribution in [0.3, 0.4) is 0 Å². The zero-order valence-electron chi connectivity index (χ0n) is 17.1. The van der Waals surface area contributed by atoms with Gasteiger partial charge in [-0.15, -0.1) is 24.8 Å². The number of halogens is 3. The topological polar surface area (TPSA) is 50.3 Å². The van der Waals surface area contributed by atoms with E-state index in [-0.39, 0.29) is 24.8 Å². The van der Waals surface area contributed by atoms with Crippen LogP contribution in [0, 0.1) is 0 Å². The summed E-state index contributed by atoms with van der Waals surface area (Å²) in [4.78, 5) is 11.8. The summed E-state index contributed by atoms with van der Waals surface area (Å²) in [7, 11) is 1.63. The summed E-state index contributed by atoms with van der Waals surface area (Å²) < 4.78 is 5.31. The Morgan fingerprint density at radius 3 is 2.45 bits per heavy atom. The molecule has 3 rings (SSSR count). The molecule has 0 saturated heterocycles. The highest BCUT2D eigenvalue weighted by Crippen LogP contribution is 2.32. The molecule has 0 aliphatic carbocycles. The molecule has 2 aromatic heterocycles. The van der Waals surface area contributed by atoms with Crippen LogP contribution in [0.1, 0.15) is 26.7 Å². The minimum Gasteiger partial charge on any atom is -0.481 e. The third-order valence-corrected chi connectivity index (χ3v) is 5.10. The van der Waals surface area contributed by atoms with Gasteiger partial charge in [0.15, 0.2) is 0 Å². The first kappa shape index (κ1) is 25.5. The predicted octanol–water partition coefficient (Wildman–Crippen LogP) is 5.82. The van der Waals surface area contributed by atoms with Gasteiger partial charge in [0.05, 0.1) is 23.8 Å². The van der Waals surface area contributed by atoms with Crippen molar-refractivity contribution in [2.75, 3.05) is 38.6 Å². The molecule has 0 aliphatic rings. The highest BCUT2D eigenvalue weighted by atomic mass is 35.5. The first-order valence-electron chi connectivity index (χ1n) is 9.56. The number of unbranched alkanes of at least 4 members (excludes halogenated alkanes) is 1. The van der Waals surface area contributed by atoms with Crippen LogP contribution in [0.2, 0.25) is 5.02 Å². The molecule has 29 heavy (non-hydrogen) atoms. The van der Waals surface area contributed by atoms with Gasteiger partial charge in [-0.25, -0.2) is 9.97 Å². The fourth-order valence-electron chi connectivity index (χ4n) is 3.28. The van der Waals surface area contributed by atoms with Gasteiger partial charge in [0, 0.05) is 23.0 Å². The molecule has 0 fully saturated rings. The first-order valence-corrected chi connectivity index (χ1v) is 9.94. The van der Waals surface area contributed by atoms with Crippen molar-refractivity contribution in [3.8, 4) is 5.88 Å². The molecule has 160 valence electrons. The Bertz CT molecular complexity index is 919. The zero-order valence-corrected chi connectivity index (χ0v) is 19.5.